The number of amides is 1. The standard InChI is InChI=1S/C15H21FN2O6/c1-15(2,3)24-14(21)17-7-6-12(19)13(20)10-8-9(16)4-5-11(10)18(22)23/h4-5,8,12-13,19-20H,6-7H2,1-3H3,(H,17,21). The summed E-state index contributed by atoms with van der Waals surface area (Å²) in [6.07, 6.45) is -3.89. The molecule has 0 radical (unpaired) electrons. The first-order valence-electron chi connectivity index (χ1n) is 7.28. The smallest absolute Gasteiger partial charge is 0.407 e. The molecule has 0 saturated heterocycles. The Hall–Kier alpha value is -2.26. The fourth-order valence-corrected chi connectivity index (χ4v) is 1.93. The van der Waals surface area contributed by atoms with Crippen molar-refractivity contribution in [3.63, 3.8) is 0 Å². The van der Waals surface area contributed by atoms with E-state index in [4.69, 9.17) is 4.74 Å². The van der Waals surface area contributed by atoms with Crippen LogP contribution in [0.1, 0.15) is 38.9 Å². The summed E-state index contributed by atoms with van der Waals surface area (Å²) < 4.78 is 18.3. The van der Waals surface area contributed by atoms with Crippen LogP contribution >= 0.6 is 0 Å². The molecule has 0 saturated carbocycles. The van der Waals surface area contributed by atoms with Crippen LogP contribution in [0.4, 0.5) is 14.9 Å². The maximum Gasteiger partial charge on any atom is 0.407 e. The van der Waals surface area contributed by atoms with Crippen LogP contribution in [0.25, 0.3) is 0 Å². The van der Waals surface area contributed by atoms with Gasteiger partial charge in [-0.15, -0.1) is 0 Å². The first kappa shape index (κ1) is 19.8. The molecule has 24 heavy (non-hydrogen) atoms. The molecule has 0 bridgehead atoms. The van der Waals surface area contributed by atoms with Gasteiger partial charge in [-0.3, -0.25) is 10.1 Å². The van der Waals surface area contributed by atoms with E-state index in [2.05, 4.69) is 5.32 Å². The second-order valence-electron chi connectivity index (χ2n) is 6.19. The number of carbonyl (C=O) groups excluding carboxylic acids is 1. The third-order valence-corrected chi connectivity index (χ3v) is 2.98. The molecule has 2 atom stereocenters. The van der Waals surface area contributed by atoms with Gasteiger partial charge in [0.25, 0.3) is 5.69 Å². The molecule has 9 heteroatoms. The van der Waals surface area contributed by atoms with E-state index in [9.17, 15) is 29.5 Å². The summed E-state index contributed by atoms with van der Waals surface area (Å²) >= 11 is 0. The minimum atomic E-state index is -1.67. The number of benzene rings is 1. The Balaban J connectivity index is 2.66. The number of nitro benzene ring substituents is 1. The SMILES string of the molecule is CC(C)(C)OC(=O)NCCC(O)C(O)c1cc(F)ccc1[N+](=O)[O-]. The number of nitrogens with one attached hydrogen (secondary N) is 1. The molecule has 1 amide bonds. The molecule has 0 heterocycles. The van der Waals surface area contributed by atoms with Gasteiger partial charge in [-0.25, -0.2) is 9.18 Å². The first-order valence-corrected chi connectivity index (χ1v) is 7.28. The van der Waals surface area contributed by atoms with Crippen molar-refractivity contribution in [2.24, 2.45) is 0 Å². The zero-order valence-corrected chi connectivity index (χ0v) is 13.7. The van der Waals surface area contributed by atoms with Gasteiger partial charge in [0.2, 0.25) is 0 Å². The molecule has 0 fully saturated rings. The van der Waals surface area contributed by atoms with E-state index in [0.29, 0.717) is 0 Å². The van der Waals surface area contributed by atoms with E-state index in [1.807, 2.05) is 0 Å². The molecule has 8 nitrogen and oxygen atoms in total. The molecule has 0 aromatic heterocycles. The van der Waals surface area contributed by atoms with Gasteiger partial charge in [-0.1, -0.05) is 0 Å². The number of alkyl carbamates (subject to hydrolysis) is 1. The van der Waals surface area contributed by atoms with E-state index < -0.39 is 40.3 Å². The van der Waals surface area contributed by atoms with Gasteiger partial charge in [0.05, 0.1) is 16.6 Å². The number of nitrogens with zero attached hydrogens (tertiary/aromatic N) is 1. The van der Waals surface area contributed by atoms with Gasteiger partial charge >= 0.3 is 6.09 Å². The van der Waals surface area contributed by atoms with Crippen LogP contribution in [-0.4, -0.2) is 39.5 Å². The van der Waals surface area contributed by atoms with E-state index in [1.165, 1.54) is 0 Å². The summed E-state index contributed by atoms with van der Waals surface area (Å²) in [5.74, 6) is -0.770. The van der Waals surface area contributed by atoms with E-state index >= 15 is 0 Å². The fraction of sp³-hybridized carbons (Fsp3) is 0.533. The van der Waals surface area contributed by atoms with Crippen LogP contribution in [0.3, 0.4) is 0 Å². The third kappa shape index (κ3) is 6.09. The molecule has 3 N–H and O–H groups in total. The zero-order chi connectivity index (χ0) is 18.5. The first-order chi connectivity index (χ1) is 11.0. The maximum absolute atomic E-state index is 13.3. The Morgan fingerprint density at radius 3 is 2.58 bits per heavy atom. The van der Waals surface area contributed by atoms with Gasteiger partial charge in [0, 0.05) is 12.6 Å². The molecule has 0 aliphatic heterocycles. The number of aliphatic hydroxyl groups excluding tert-OH is 2. The zero-order valence-electron chi connectivity index (χ0n) is 13.7. The number of carbonyl (C=O) groups is 1. The van der Waals surface area contributed by atoms with Gasteiger partial charge in [0.15, 0.2) is 0 Å². The lowest BCUT2D eigenvalue weighted by Gasteiger charge is -2.21. The van der Waals surface area contributed by atoms with E-state index in [-0.39, 0.29) is 18.5 Å². The lowest BCUT2D eigenvalue weighted by Crippen LogP contribution is -2.34. The molecule has 0 aliphatic carbocycles. The lowest BCUT2D eigenvalue weighted by atomic mass is 10.0. The molecule has 0 spiro atoms. The summed E-state index contributed by atoms with van der Waals surface area (Å²) in [4.78, 5) is 21.6. The van der Waals surface area contributed by atoms with Crippen LogP contribution < -0.4 is 5.32 Å². The molecular formula is C15H21FN2O6. The summed E-state index contributed by atoms with van der Waals surface area (Å²) in [5, 5.41) is 33.3. The summed E-state index contributed by atoms with van der Waals surface area (Å²) in [6, 6.07) is 2.61. The largest absolute Gasteiger partial charge is 0.444 e. The highest BCUT2D eigenvalue weighted by Crippen LogP contribution is 2.28. The Kier molecular flexibility index (Phi) is 6.61. The average molecular weight is 344 g/mol. The second-order valence-corrected chi connectivity index (χ2v) is 6.19. The average Bonchev–Trinajstić information content (AvgIpc) is 2.43. The summed E-state index contributed by atoms with van der Waals surface area (Å²) in [7, 11) is 0. The topological polar surface area (TPSA) is 122 Å². The van der Waals surface area contributed by atoms with Crippen molar-refractivity contribution < 1.29 is 29.1 Å². The fourth-order valence-electron chi connectivity index (χ4n) is 1.93. The van der Waals surface area contributed by atoms with Gasteiger partial charge in [-0.05, 0) is 39.3 Å². The highest BCUT2D eigenvalue weighted by molar-refractivity contribution is 5.67. The van der Waals surface area contributed by atoms with Gasteiger partial charge in [-0.2, -0.15) is 0 Å². The number of hydrogen-bond donors (Lipinski definition) is 3. The minimum Gasteiger partial charge on any atom is -0.444 e. The Bertz CT molecular complexity index is 602. The number of rotatable bonds is 6. The predicted octanol–water partition coefficient (Wildman–Crippen LogP) is 2.04. The Morgan fingerprint density at radius 1 is 1.42 bits per heavy atom. The van der Waals surface area contributed by atoms with Crippen molar-refractivity contribution >= 4 is 11.8 Å². The molecule has 1 rings (SSSR count). The molecule has 2 unspecified atom stereocenters. The molecule has 1 aromatic rings. The summed E-state index contributed by atoms with van der Waals surface area (Å²) in [5.41, 5.74) is -1.50. The van der Waals surface area contributed by atoms with Crippen LogP contribution in [0.5, 0.6) is 0 Å². The van der Waals surface area contributed by atoms with Crippen LogP contribution in [0.15, 0.2) is 18.2 Å². The van der Waals surface area contributed by atoms with Crippen LogP contribution in [0.2, 0.25) is 0 Å². The monoisotopic (exact) mass is 344 g/mol. The molecule has 0 aliphatic rings. The van der Waals surface area contributed by atoms with Gasteiger partial charge in [0.1, 0.15) is 17.5 Å². The number of aliphatic hydroxyl groups is 2. The highest BCUT2D eigenvalue weighted by atomic mass is 19.1. The normalized spacial score (nSPS) is 13.9. The predicted molar refractivity (Wildman–Crippen MR) is 82.9 cm³/mol. The lowest BCUT2D eigenvalue weighted by molar-refractivity contribution is -0.386. The van der Waals surface area contributed by atoms with E-state index in [1.54, 1.807) is 20.8 Å². The summed E-state index contributed by atoms with van der Waals surface area (Å²) in [6.45, 7) is 5.03. The molecule has 134 valence electrons. The Labute approximate surface area is 138 Å². The number of nitro groups is 1. The number of halogens is 1. The quantitative estimate of drug-likeness (QED) is 0.536. The maximum atomic E-state index is 13.3. The minimum absolute atomic E-state index is 0.0315. The Morgan fingerprint density at radius 2 is 2.04 bits per heavy atom. The van der Waals surface area contributed by atoms with E-state index in [0.717, 1.165) is 18.2 Å². The van der Waals surface area contributed by atoms with Crippen molar-refractivity contribution in [1.82, 2.24) is 5.32 Å². The van der Waals surface area contributed by atoms with Crippen LogP contribution in [0, 0.1) is 15.9 Å². The number of hydrogen-bond acceptors (Lipinski definition) is 6. The molecular weight excluding hydrogens is 323 g/mol. The van der Waals surface area contributed by atoms with Crippen molar-refractivity contribution in [2.45, 2.75) is 45.0 Å². The van der Waals surface area contributed by atoms with Crippen molar-refractivity contribution in [2.75, 3.05) is 6.54 Å². The third-order valence-electron chi connectivity index (χ3n) is 2.98. The van der Waals surface area contributed by atoms with Gasteiger partial charge < -0.3 is 20.3 Å². The highest BCUT2D eigenvalue weighted by Gasteiger charge is 2.27. The van der Waals surface area contributed by atoms with Crippen molar-refractivity contribution in [3.05, 3.63) is 39.7 Å². The second kappa shape index (κ2) is 8.02. The van der Waals surface area contributed by atoms with Crippen molar-refractivity contribution in [1.29, 1.82) is 0 Å². The molecule has 1 aromatic carbocycles. The number of ether oxygens (including phenoxy) is 1. The van der Waals surface area contributed by atoms with Crippen LogP contribution in [-0.2, 0) is 4.74 Å². The van der Waals surface area contributed by atoms with Crippen molar-refractivity contribution in [3.8, 4) is 0 Å².